The van der Waals surface area contributed by atoms with Crippen LogP contribution in [0.1, 0.15) is 25.5 Å². The Kier molecular flexibility index (Phi) is 4.81. The zero-order chi connectivity index (χ0) is 15.4. The summed E-state index contributed by atoms with van der Waals surface area (Å²) < 4.78 is 19.5. The van der Waals surface area contributed by atoms with Crippen molar-refractivity contribution < 1.29 is 9.13 Å². The minimum atomic E-state index is -0.252. The van der Waals surface area contributed by atoms with Crippen molar-refractivity contribution in [3.8, 4) is 5.75 Å². The van der Waals surface area contributed by atoms with Crippen LogP contribution in [0.25, 0.3) is 0 Å². The third kappa shape index (κ3) is 3.00. The van der Waals surface area contributed by atoms with E-state index in [1.165, 1.54) is 6.07 Å². The predicted molar refractivity (Wildman–Crippen MR) is 84.7 cm³/mol. The quantitative estimate of drug-likeness (QED) is 0.903. The standard InChI is InChI=1S/C17H21FN2O/c1-4-20(14-9-6-5-8-13(14)18)15-10-7-11-16(21-3)17(15)12(2)19/h5-12H,4,19H2,1-3H3/t12-/m1/s1. The molecule has 21 heavy (non-hydrogen) atoms. The van der Waals surface area contributed by atoms with E-state index >= 15 is 0 Å². The largest absolute Gasteiger partial charge is 0.496 e. The van der Waals surface area contributed by atoms with Gasteiger partial charge in [-0.2, -0.15) is 0 Å². The predicted octanol–water partition coefficient (Wildman–Crippen LogP) is 4.01. The van der Waals surface area contributed by atoms with E-state index in [1.807, 2.05) is 43.0 Å². The first-order valence-corrected chi connectivity index (χ1v) is 7.04. The molecular formula is C17H21FN2O. The molecule has 0 bridgehead atoms. The molecule has 0 saturated carbocycles. The molecule has 2 aromatic carbocycles. The Hall–Kier alpha value is -2.07. The molecule has 4 heteroatoms. The van der Waals surface area contributed by atoms with E-state index in [0.717, 1.165) is 17.0 Å². The molecule has 0 aliphatic heterocycles. The highest BCUT2D eigenvalue weighted by molar-refractivity contribution is 5.70. The van der Waals surface area contributed by atoms with Crippen molar-refractivity contribution in [2.24, 2.45) is 5.73 Å². The fourth-order valence-electron chi connectivity index (χ4n) is 2.54. The number of rotatable bonds is 5. The van der Waals surface area contributed by atoms with Gasteiger partial charge in [-0.3, -0.25) is 0 Å². The van der Waals surface area contributed by atoms with E-state index in [4.69, 9.17) is 10.5 Å². The summed E-state index contributed by atoms with van der Waals surface area (Å²) in [6, 6.07) is 12.2. The van der Waals surface area contributed by atoms with Crippen LogP contribution in [0.2, 0.25) is 0 Å². The molecule has 2 aromatic rings. The maximum absolute atomic E-state index is 14.1. The van der Waals surface area contributed by atoms with Crippen LogP contribution in [0.4, 0.5) is 15.8 Å². The van der Waals surface area contributed by atoms with Gasteiger partial charge >= 0.3 is 0 Å². The maximum atomic E-state index is 14.1. The summed E-state index contributed by atoms with van der Waals surface area (Å²) in [5.74, 6) is 0.468. The van der Waals surface area contributed by atoms with Crippen LogP contribution in [0.15, 0.2) is 42.5 Å². The highest BCUT2D eigenvalue weighted by Gasteiger charge is 2.19. The lowest BCUT2D eigenvalue weighted by molar-refractivity contribution is 0.407. The summed E-state index contributed by atoms with van der Waals surface area (Å²) in [5.41, 5.74) is 8.39. The second-order valence-corrected chi connectivity index (χ2v) is 4.88. The Morgan fingerprint density at radius 1 is 1.14 bits per heavy atom. The van der Waals surface area contributed by atoms with Gasteiger partial charge in [-0.15, -0.1) is 0 Å². The van der Waals surface area contributed by atoms with Gasteiger partial charge in [0.05, 0.1) is 12.8 Å². The number of hydrogen-bond acceptors (Lipinski definition) is 3. The number of nitrogens with zero attached hydrogens (tertiary/aromatic N) is 1. The number of halogens is 1. The zero-order valence-electron chi connectivity index (χ0n) is 12.6. The lowest BCUT2D eigenvalue weighted by atomic mass is 10.0. The second kappa shape index (κ2) is 6.59. The normalized spacial score (nSPS) is 12.0. The molecule has 0 spiro atoms. The zero-order valence-corrected chi connectivity index (χ0v) is 12.6. The molecule has 0 aromatic heterocycles. The first kappa shape index (κ1) is 15.3. The van der Waals surface area contributed by atoms with Gasteiger partial charge in [-0.1, -0.05) is 18.2 Å². The molecular weight excluding hydrogens is 267 g/mol. The summed E-state index contributed by atoms with van der Waals surface area (Å²) in [5, 5.41) is 0. The van der Waals surface area contributed by atoms with Crippen molar-refractivity contribution >= 4 is 11.4 Å². The fraction of sp³-hybridized carbons (Fsp3) is 0.294. The third-order valence-electron chi connectivity index (χ3n) is 3.47. The van der Waals surface area contributed by atoms with Gasteiger partial charge in [0.1, 0.15) is 11.6 Å². The van der Waals surface area contributed by atoms with Gasteiger partial charge in [0.25, 0.3) is 0 Å². The number of ether oxygens (including phenoxy) is 1. The summed E-state index contributed by atoms with van der Waals surface area (Å²) in [6.07, 6.45) is 0. The van der Waals surface area contributed by atoms with E-state index < -0.39 is 0 Å². The molecule has 0 heterocycles. The van der Waals surface area contributed by atoms with E-state index in [2.05, 4.69) is 0 Å². The Bertz CT molecular complexity index is 613. The van der Waals surface area contributed by atoms with E-state index in [1.54, 1.807) is 19.2 Å². The van der Waals surface area contributed by atoms with E-state index in [-0.39, 0.29) is 11.9 Å². The number of para-hydroxylation sites is 1. The molecule has 0 amide bonds. The van der Waals surface area contributed by atoms with Crippen molar-refractivity contribution in [2.45, 2.75) is 19.9 Å². The Balaban J connectivity index is 2.61. The lowest BCUT2D eigenvalue weighted by Crippen LogP contribution is -2.21. The first-order chi connectivity index (χ1) is 10.1. The number of benzene rings is 2. The summed E-state index contributed by atoms with van der Waals surface area (Å²) in [7, 11) is 1.62. The Labute approximate surface area is 125 Å². The molecule has 2 N–H and O–H groups in total. The number of anilines is 2. The van der Waals surface area contributed by atoms with Crippen molar-refractivity contribution in [1.29, 1.82) is 0 Å². The lowest BCUT2D eigenvalue weighted by Gasteiger charge is -2.28. The monoisotopic (exact) mass is 288 g/mol. The van der Waals surface area contributed by atoms with E-state index in [9.17, 15) is 4.39 Å². The minimum Gasteiger partial charge on any atom is -0.496 e. The van der Waals surface area contributed by atoms with Crippen LogP contribution < -0.4 is 15.4 Å². The molecule has 1 atom stereocenters. The molecule has 0 fully saturated rings. The van der Waals surface area contributed by atoms with Gasteiger partial charge in [-0.25, -0.2) is 4.39 Å². The van der Waals surface area contributed by atoms with Gasteiger partial charge in [-0.05, 0) is 38.1 Å². The first-order valence-electron chi connectivity index (χ1n) is 7.04. The molecule has 0 radical (unpaired) electrons. The SMILES string of the molecule is CCN(c1ccccc1F)c1cccc(OC)c1[C@@H](C)N. The fourth-order valence-corrected chi connectivity index (χ4v) is 2.54. The van der Waals surface area contributed by atoms with Gasteiger partial charge in [0.15, 0.2) is 0 Å². The van der Waals surface area contributed by atoms with Gasteiger partial charge < -0.3 is 15.4 Å². The summed E-state index contributed by atoms with van der Waals surface area (Å²) in [6.45, 7) is 4.52. The molecule has 0 aliphatic rings. The van der Waals surface area contributed by atoms with Crippen molar-refractivity contribution in [1.82, 2.24) is 0 Å². The summed E-state index contributed by atoms with van der Waals surface area (Å²) >= 11 is 0. The van der Waals surface area contributed by atoms with Gasteiger partial charge in [0.2, 0.25) is 0 Å². The second-order valence-electron chi connectivity index (χ2n) is 4.88. The topological polar surface area (TPSA) is 38.5 Å². The van der Waals surface area contributed by atoms with Gasteiger partial charge in [0, 0.05) is 23.8 Å². The smallest absolute Gasteiger partial charge is 0.146 e. The van der Waals surface area contributed by atoms with Crippen LogP contribution >= 0.6 is 0 Å². The maximum Gasteiger partial charge on any atom is 0.146 e. The van der Waals surface area contributed by atoms with Crippen LogP contribution in [0.3, 0.4) is 0 Å². The van der Waals surface area contributed by atoms with E-state index in [0.29, 0.717) is 12.2 Å². The molecule has 2 rings (SSSR count). The highest BCUT2D eigenvalue weighted by atomic mass is 19.1. The van der Waals surface area contributed by atoms with Crippen molar-refractivity contribution in [2.75, 3.05) is 18.6 Å². The van der Waals surface area contributed by atoms with Crippen molar-refractivity contribution in [3.63, 3.8) is 0 Å². The van der Waals surface area contributed by atoms with Crippen LogP contribution in [-0.4, -0.2) is 13.7 Å². The number of methoxy groups -OCH3 is 1. The average molecular weight is 288 g/mol. The third-order valence-corrected chi connectivity index (χ3v) is 3.47. The van der Waals surface area contributed by atoms with Crippen LogP contribution in [0, 0.1) is 5.82 Å². The Morgan fingerprint density at radius 3 is 2.38 bits per heavy atom. The molecule has 0 aliphatic carbocycles. The number of nitrogens with two attached hydrogens (primary N) is 1. The molecule has 0 unspecified atom stereocenters. The van der Waals surface area contributed by atoms with Crippen molar-refractivity contribution in [3.05, 3.63) is 53.8 Å². The summed E-state index contributed by atoms with van der Waals surface area (Å²) in [4.78, 5) is 1.91. The average Bonchev–Trinajstić information content (AvgIpc) is 2.49. The molecule has 3 nitrogen and oxygen atoms in total. The highest BCUT2D eigenvalue weighted by Crippen LogP contribution is 2.37. The molecule has 0 saturated heterocycles. The minimum absolute atomic E-state index is 0.211. The Morgan fingerprint density at radius 2 is 1.81 bits per heavy atom. The van der Waals surface area contributed by atoms with Crippen LogP contribution in [-0.2, 0) is 0 Å². The molecule has 112 valence electrons. The van der Waals surface area contributed by atoms with Crippen LogP contribution in [0.5, 0.6) is 5.75 Å². The number of hydrogen-bond donors (Lipinski definition) is 1.